The third-order valence-electron chi connectivity index (χ3n) is 8.26. The van der Waals surface area contributed by atoms with E-state index in [0.717, 1.165) is 0 Å². The van der Waals surface area contributed by atoms with E-state index in [1.807, 2.05) is 0 Å². The number of rotatable bonds is 3. The first kappa shape index (κ1) is 22.8. The normalized spacial score (nSPS) is 11.6. The summed E-state index contributed by atoms with van der Waals surface area (Å²) < 4.78 is 2.41. The first-order valence-electron chi connectivity index (χ1n) is 13.9. The molecule has 0 aliphatic carbocycles. The Hall–Kier alpha value is -5.14. The van der Waals surface area contributed by atoms with Gasteiger partial charge in [-0.2, -0.15) is 0 Å². The van der Waals surface area contributed by atoms with Crippen LogP contribution >= 0.6 is 0 Å². The molecule has 0 unspecified atom stereocenters. The van der Waals surface area contributed by atoms with E-state index < -0.39 is 0 Å². The smallest absolute Gasteiger partial charge is 0.0541 e. The molecule has 188 valence electrons. The summed E-state index contributed by atoms with van der Waals surface area (Å²) in [7, 11) is 0. The highest BCUT2D eigenvalue weighted by Gasteiger charge is 2.16. The van der Waals surface area contributed by atoms with Gasteiger partial charge in [0.1, 0.15) is 0 Å². The SMILES string of the molecule is Cc1ccc(-n2c3ccc(-c4cccc5ccccc45)cc3c3cc(-c4cccc5ccccc45)ccc32)cc1. The first-order chi connectivity index (χ1) is 19.7. The summed E-state index contributed by atoms with van der Waals surface area (Å²) in [6, 6.07) is 53.3. The monoisotopic (exact) mass is 509 g/mol. The van der Waals surface area contributed by atoms with E-state index in [4.69, 9.17) is 0 Å². The summed E-state index contributed by atoms with van der Waals surface area (Å²) in [6.45, 7) is 2.14. The molecule has 0 fully saturated rings. The van der Waals surface area contributed by atoms with Crippen LogP contribution in [0.15, 0.2) is 146 Å². The second kappa shape index (κ2) is 8.97. The van der Waals surface area contributed by atoms with Gasteiger partial charge in [0.15, 0.2) is 0 Å². The van der Waals surface area contributed by atoms with Gasteiger partial charge in [-0.25, -0.2) is 0 Å². The van der Waals surface area contributed by atoms with Crippen molar-refractivity contribution in [3.63, 3.8) is 0 Å². The van der Waals surface area contributed by atoms with E-state index in [9.17, 15) is 0 Å². The van der Waals surface area contributed by atoms with Gasteiger partial charge in [0.25, 0.3) is 0 Å². The molecule has 8 rings (SSSR count). The van der Waals surface area contributed by atoms with Gasteiger partial charge in [0.2, 0.25) is 0 Å². The molecule has 1 heterocycles. The Morgan fingerprint density at radius 2 is 0.875 bits per heavy atom. The molecule has 8 aromatic rings. The lowest BCUT2D eigenvalue weighted by molar-refractivity contribution is 1.17. The number of aryl methyl sites for hydroxylation is 1. The second-order valence-corrected chi connectivity index (χ2v) is 10.7. The van der Waals surface area contributed by atoms with Crippen LogP contribution in [-0.2, 0) is 0 Å². The maximum absolute atomic E-state index is 2.41. The van der Waals surface area contributed by atoms with E-state index in [0.29, 0.717) is 0 Å². The van der Waals surface area contributed by atoms with Crippen molar-refractivity contribution in [2.24, 2.45) is 0 Å². The van der Waals surface area contributed by atoms with E-state index in [1.54, 1.807) is 0 Å². The van der Waals surface area contributed by atoms with Crippen molar-refractivity contribution in [1.29, 1.82) is 0 Å². The molecule has 0 saturated heterocycles. The Balaban J connectivity index is 1.43. The van der Waals surface area contributed by atoms with Gasteiger partial charge in [-0.05, 0) is 87.1 Å². The zero-order chi connectivity index (χ0) is 26.6. The molecule has 1 nitrogen and oxygen atoms in total. The summed E-state index contributed by atoms with van der Waals surface area (Å²) >= 11 is 0. The molecule has 0 N–H and O–H groups in total. The molecule has 1 aromatic heterocycles. The first-order valence-corrected chi connectivity index (χ1v) is 13.9. The fourth-order valence-electron chi connectivity index (χ4n) is 6.28. The number of hydrogen-bond donors (Lipinski definition) is 0. The Kier molecular flexibility index (Phi) is 5.11. The van der Waals surface area contributed by atoms with Crippen LogP contribution in [0.25, 0.3) is 71.3 Å². The molecule has 40 heavy (non-hydrogen) atoms. The molecule has 0 bridgehead atoms. The molecule has 0 radical (unpaired) electrons. The predicted octanol–water partition coefficient (Wildman–Crippen LogP) is 10.7. The van der Waals surface area contributed by atoms with Crippen LogP contribution in [0.3, 0.4) is 0 Å². The molecule has 0 saturated carbocycles. The third kappa shape index (κ3) is 3.56. The van der Waals surface area contributed by atoms with Crippen LogP contribution in [0.2, 0.25) is 0 Å². The van der Waals surface area contributed by atoms with Crippen molar-refractivity contribution in [3.8, 4) is 27.9 Å². The van der Waals surface area contributed by atoms with Crippen LogP contribution < -0.4 is 0 Å². The zero-order valence-corrected chi connectivity index (χ0v) is 22.3. The summed E-state index contributed by atoms with van der Waals surface area (Å²) in [6.07, 6.45) is 0. The Morgan fingerprint density at radius 3 is 1.40 bits per heavy atom. The molecule has 0 aliphatic heterocycles. The molecular weight excluding hydrogens is 482 g/mol. The summed E-state index contributed by atoms with van der Waals surface area (Å²) in [5.41, 5.74) is 9.90. The van der Waals surface area contributed by atoms with Crippen LogP contribution in [0, 0.1) is 6.92 Å². The summed E-state index contributed by atoms with van der Waals surface area (Å²) in [5.74, 6) is 0. The highest BCUT2D eigenvalue weighted by atomic mass is 15.0. The average Bonchev–Trinajstić information content (AvgIpc) is 3.34. The van der Waals surface area contributed by atoms with E-state index in [1.165, 1.54) is 76.9 Å². The van der Waals surface area contributed by atoms with E-state index in [-0.39, 0.29) is 0 Å². The minimum absolute atomic E-state index is 1.18. The van der Waals surface area contributed by atoms with Crippen molar-refractivity contribution >= 4 is 43.4 Å². The van der Waals surface area contributed by atoms with Gasteiger partial charge >= 0.3 is 0 Å². The molecule has 7 aromatic carbocycles. The number of aromatic nitrogens is 1. The van der Waals surface area contributed by atoms with Gasteiger partial charge < -0.3 is 4.57 Å². The average molecular weight is 510 g/mol. The van der Waals surface area contributed by atoms with Gasteiger partial charge in [-0.3, -0.25) is 0 Å². The van der Waals surface area contributed by atoms with Gasteiger partial charge in [-0.1, -0.05) is 115 Å². The summed E-state index contributed by atoms with van der Waals surface area (Å²) in [5, 5.41) is 7.62. The highest BCUT2D eigenvalue weighted by Crippen LogP contribution is 2.39. The maximum atomic E-state index is 2.41. The van der Waals surface area contributed by atoms with Crippen molar-refractivity contribution in [1.82, 2.24) is 4.57 Å². The van der Waals surface area contributed by atoms with Crippen molar-refractivity contribution in [2.45, 2.75) is 6.92 Å². The standard InChI is InChI=1S/C39H27N/c1-26-16-20-31(21-17-26)40-38-22-18-29(34-14-6-10-27-8-2-4-12-32(27)34)24-36(38)37-25-30(19-23-39(37)40)35-15-7-11-28-9-3-5-13-33(28)35/h2-25H,1H3. The number of hydrogen-bond acceptors (Lipinski definition) is 0. The van der Waals surface area contributed by atoms with Crippen molar-refractivity contribution in [3.05, 3.63) is 151 Å². The van der Waals surface area contributed by atoms with Gasteiger partial charge in [0.05, 0.1) is 11.0 Å². The largest absolute Gasteiger partial charge is 0.309 e. The zero-order valence-electron chi connectivity index (χ0n) is 22.3. The van der Waals surface area contributed by atoms with Crippen molar-refractivity contribution in [2.75, 3.05) is 0 Å². The fraction of sp³-hybridized carbons (Fsp3) is 0.0256. The lowest BCUT2D eigenvalue weighted by Crippen LogP contribution is -1.93. The highest BCUT2D eigenvalue weighted by molar-refractivity contribution is 6.13. The number of nitrogens with zero attached hydrogens (tertiary/aromatic N) is 1. The van der Waals surface area contributed by atoms with Gasteiger partial charge in [0, 0.05) is 16.5 Å². The maximum Gasteiger partial charge on any atom is 0.0541 e. The Labute approximate surface area is 233 Å². The van der Waals surface area contributed by atoms with Crippen LogP contribution in [0.4, 0.5) is 0 Å². The molecule has 0 spiro atoms. The minimum atomic E-state index is 1.18. The molecule has 1 heteroatoms. The third-order valence-corrected chi connectivity index (χ3v) is 8.26. The minimum Gasteiger partial charge on any atom is -0.309 e. The van der Waals surface area contributed by atoms with Gasteiger partial charge in [-0.15, -0.1) is 0 Å². The lowest BCUT2D eigenvalue weighted by Gasteiger charge is -2.10. The Bertz CT molecular complexity index is 2070. The van der Waals surface area contributed by atoms with Crippen LogP contribution in [0.1, 0.15) is 5.56 Å². The van der Waals surface area contributed by atoms with E-state index >= 15 is 0 Å². The van der Waals surface area contributed by atoms with Crippen LogP contribution in [-0.4, -0.2) is 4.57 Å². The number of benzene rings is 7. The lowest BCUT2D eigenvalue weighted by atomic mass is 9.95. The predicted molar refractivity (Wildman–Crippen MR) is 171 cm³/mol. The topological polar surface area (TPSA) is 4.93 Å². The second-order valence-electron chi connectivity index (χ2n) is 10.7. The molecule has 0 atom stereocenters. The summed E-state index contributed by atoms with van der Waals surface area (Å²) in [4.78, 5) is 0. The molecule has 0 aliphatic rings. The fourth-order valence-corrected chi connectivity index (χ4v) is 6.28. The Morgan fingerprint density at radius 1 is 0.400 bits per heavy atom. The number of fused-ring (bicyclic) bond motifs is 5. The van der Waals surface area contributed by atoms with Crippen molar-refractivity contribution < 1.29 is 0 Å². The molecule has 0 amide bonds. The molecular formula is C39H27N. The van der Waals surface area contributed by atoms with Crippen LogP contribution in [0.5, 0.6) is 0 Å². The van der Waals surface area contributed by atoms with E-state index in [2.05, 4.69) is 157 Å². The quantitative estimate of drug-likeness (QED) is 0.223.